The van der Waals surface area contributed by atoms with Crippen molar-refractivity contribution in [1.82, 2.24) is 0 Å². The van der Waals surface area contributed by atoms with E-state index in [1.807, 2.05) is 0 Å². The van der Waals surface area contributed by atoms with E-state index in [1.54, 1.807) is 6.07 Å². The minimum absolute atomic E-state index is 0.103. The summed E-state index contributed by atoms with van der Waals surface area (Å²) in [6.45, 7) is 1.27. The second-order valence-electron chi connectivity index (χ2n) is 4.69. The average molecular weight is 449 g/mol. The second kappa shape index (κ2) is 9.37. The van der Waals surface area contributed by atoms with Gasteiger partial charge in [0.05, 0.1) is 4.92 Å². The number of rotatable bonds is 4. The topological polar surface area (TPSA) is 159 Å². The number of hydrogen-bond donors (Lipinski definition) is 4. The van der Waals surface area contributed by atoms with Gasteiger partial charge >= 0.3 is 94.1 Å². The number of nitro groups is 1. The summed E-state index contributed by atoms with van der Waals surface area (Å²) in [6, 6.07) is 9.49. The maximum atomic E-state index is 11.4. The summed E-state index contributed by atoms with van der Waals surface area (Å²) >= 11 is 0.521. The number of nitro benzene ring substituents is 1. The van der Waals surface area contributed by atoms with Crippen LogP contribution in [0, 0.1) is 10.1 Å². The summed E-state index contributed by atoms with van der Waals surface area (Å²) in [5, 5.41) is 30.0. The Morgan fingerprint density at radius 1 is 1.31 bits per heavy atom. The van der Waals surface area contributed by atoms with Crippen molar-refractivity contribution in [3.05, 3.63) is 57.6 Å². The molecule has 0 aliphatic carbocycles. The Bertz CT molecular complexity index is 861. The third-order valence-corrected chi connectivity index (χ3v) is 5.56. The van der Waals surface area contributed by atoms with Crippen molar-refractivity contribution in [2.45, 2.75) is 6.92 Å². The number of anilines is 1. The maximum absolute atomic E-state index is 11.4. The Kier molecular flexibility index (Phi) is 7.81. The van der Waals surface area contributed by atoms with Crippen LogP contribution in [0.4, 0.5) is 11.4 Å². The average Bonchev–Trinajstić information content (AvgIpc) is 2.57. The normalized spacial score (nSPS) is 12.3. The van der Waals surface area contributed by atoms with Crippen molar-refractivity contribution in [2.75, 3.05) is 5.32 Å². The van der Waals surface area contributed by atoms with Gasteiger partial charge in [0, 0.05) is 11.1 Å². The van der Waals surface area contributed by atoms with Crippen molar-refractivity contribution in [1.29, 1.82) is 0 Å². The summed E-state index contributed by atoms with van der Waals surface area (Å²) in [6.07, 6.45) is 0. The van der Waals surface area contributed by atoms with E-state index in [2.05, 4.69) is 9.19 Å². The molecule has 4 N–H and O–H groups in total. The van der Waals surface area contributed by atoms with Crippen molar-refractivity contribution in [3.63, 3.8) is 0 Å². The molecule has 1 amide bonds. The van der Waals surface area contributed by atoms with E-state index in [1.165, 1.54) is 37.3 Å². The molecule has 0 radical (unpaired) electrons. The van der Waals surface area contributed by atoms with Crippen LogP contribution in [0.3, 0.4) is 0 Å². The molecule has 0 aromatic heterocycles. The predicted molar refractivity (Wildman–Crippen MR) is 92.5 cm³/mol. The number of aromatic hydroxyl groups is 1. The SMILES string of the molecule is CC(=O)Nc1ccccc1[As](=O)(O)OO.O=[N+]([O-])c1cc(Cl)ccc1O. The van der Waals surface area contributed by atoms with Crippen LogP contribution in [-0.2, 0) is 12.4 Å². The number of phenolic OH excluding ortho intramolecular Hbond substituents is 1. The number of amides is 1. The summed E-state index contributed by atoms with van der Waals surface area (Å²) in [5.41, 5.74) is -0.221. The first-order chi connectivity index (χ1) is 12.1. The zero-order chi connectivity index (χ0) is 19.9. The van der Waals surface area contributed by atoms with E-state index in [0.29, 0.717) is 0 Å². The monoisotopic (exact) mass is 448 g/mol. The minimum atomic E-state index is -4.92. The van der Waals surface area contributed by atoms with Gasteiger partial charge in [-0.25, -0.2) is 0 Å². The van der Waals surface area contributed by atoms with Crippen LogP contribution in [0.15, 0.2) is 42.5 Å². The molecule has 0 saturated heterocycles. The Balaban J connectivity index is 0.000000273. The molecule has 2 aromatic rings. The van der Waals surface area contributed by atoms with Gasteiger partial charge in [-0.15, -0.1) is 0 Å². The van der Waals surface area contributed by atoms with Gasteiger partial charge in [0.1, 0.15) is 0 Å². The number of nitrogens with zero attached hydrogens (tertiary/aromatic N) is 1. The molecule has 0 aliphatic heterocycles. The predicted octanol–water partition coefficient (Wildman–Crippen LogP) is 1.66. The molecule has 0 fully saturated rings. The molecule has 12 heteroatoms. The van der Waals surface area contributed by atoms with Crippen LogP contribution < -0.4 is 9.67 Å². The van der Waals surface area contributed by atoms with Crippen LogP contribution in [0.5, 0.6) is 5.75 Å². The standard InChI is InChI=1S/C8H10AsNO5.C6H4ClNO3/c1-6(11)10-8-5-3-2-4-7(8)9(12,13)15-14;7-4-1-2-6(9)5(3-4)8(10)11/h2-5,14H,1H3,(H,10,11)(H,12,13);1-3,9H. The van der Waals surface area contributed by atoms with Gasteiger partial charge in [-0.1, -0.05) is 11.6 Å². The van der Waals surface area contributed by atoms with Gasteiger partial charge in [0.15, 0.2) is 5.75 Å². The molecule has 2 rings (SSSR count). The van der Waals surface area contributed by atoms with Crippen molar-refractivity contribution in [3.8, 4) is 5.75 Å². The molecule has 1 unspecified atom stereocenters. The first-order valence-electron chi connectivity index (χ1n) is 6.74. The van der Waals surface area contributed by atoms with Crippen molar-refractivity contribution < 1.29 is 31.8 Å². The molecule has 26 heavy (non-hydrogen) atoms. The third kappa shape index (κ3) is 6.17. The maximum Gasteiger partial charge on any atom is 0.312 e. The van der Waals surface area contributed by atoms with Crippen LogP contribution >= 0.6 is 11.6 Å². The van der Waals surface area contributed by atoms with E-state index in [4.69, 9.17) is 22.0 Å². The Labute approximate surface area is 155 Å². The fraction of sp³-hybridized carbons (Fsp3) is 0.0714. The fourth-order valence-electron chi connectivity index (χ4n) is 1.70. The molecule has 0 bridgehead atoms. The summed E-state index contributed by atoms with van der Waals surface area (Å²) in [5.74, 6) is -0.754. The second-order valence-corrected chi connectivity index (χ2v) is 8.66. The van der Waals surface area contributed by atoms with Crippen molar-refractivity contribution in [2.24, 2.45) is 0 Å². The Hall–Kier alpha value is -2.36. The summed E-state index contributed by atoms with van der Waals surface area (Å²) in [4.78, 5) is 20.3. The minimum Gasteiger partial charge on any atom is -0.502 e. The molecule has 140 valence electrons. The Morgan fingerprint density at radius 3 is 2.42 bits per heavy atom. The largest absolute Gasteiger partial charge is 0.502 e. The number of halogens is 1. The summed E-state index contributed by atoms with van der Waals surface area (Å²) in [7, 11) is 0. The fourth-order valence-corrected chi connectivity index (χ4v) is 3.54. The zero-order valence-electron chi connectivity index (χ0n) is 13.2. The number of nitrogens with one attached hydrogen (secondary N) is 1. The molecule has 10 nitrogen and oxygen atoms in total. The van der Waals surface area contributed by atoms with Crippen LogP contribution in [0.2, 0.25) is 5.02 Å². The molecular weight excluding hydrogens is 435 g/mol. The van der Waals surface area contributed by atoms with Gasteiger partial charge in [-0.05, 0) is 12.1 Å². The van der Waals surface area contributed by atoms with Crippen LogP contribution in [0.25, 0.3) is 0 Å². The van der Waals surface area contributed by atoms with Gasteiger partial charge in [-0.3, -0.25) is 10.1 Å². The molecule has 2 aromatic carbocycles. The van der Waals surface area contributed by atoms with Gasteiger partial charge in [0.25, 0.3) is 0 Å². The van der Waals surface area contributed by atoms with Crippen LogP contribution in [0.1, 0.15) is 6.92 Å². The van der Waals surface area contributed by atoms with E-state index < -0.39 is 19.1 Å². The third-order valence-electron chi connectivity index (χ3n) is 2.76. The number of benzene rings is 2. The Morgan fingerprint density at radius 2 is 1.92 bits per heavy atom. The number of carbonyl (C=O) groups excluding carboxylic acids is 1. The molecule has 0 heterocycles. The first-order valence-corrected chi connectivity index (χ1v) is 10.4. The molecular formula is C14H14AsClN2O8. The van der Waals surface area contributed by atoms with Crippen molar-refractivity contribution >= 4 is 47.4 Å². The van der Waals surface area contributed by atoms with E-state index in [9.17, 15) is 22.7 Å². The number of carbonyl (C=O) groups is 1. The zero-order valence-corrected chi connectivity index (χ0v) is 15.8. The van der Waals surface area contributed by atoms with E-state index in [-0.39, 0.29) is 32.4 Å². The number of hydrogen-bond acceptors (Lipinski definition) is 7. The molecule has 0 spiro atoms. The quantitative estimate of drug-likeness (QED) is 0.238. The number of phenols is 1. The van der Waals surface area contributed by atoms with Gasteiger partial charge in [-0.2, -0.15) is 0 Å². The first kappa shape index (κ1) is 21.7. The smallest absolute Gasteiger partial charge is 0.312 e. The van der Waals surface area contributed by atoms with Crippen LogP contribution in [-0.4, -0.2) is 39.5 Å². The van der Waals surface area contributed by atoms with Gasteiger partial charge in [0.2, 0.25) is 0 Å². The molecule has 0 saturated carbocycles. The van der Waals surface area contributed by atoms with Gasteiger partial charge < -0.3 is 5.11 Å². The summed E-state index contributed by atoms with van der Waals surface area (Å²) < 4.78 is 24.1. The van der Waals surface area contributed by atoms with E-state index in [0.717, 1.165) is 6.07 Å². The van der Waals surface area contributed by atoms with E-state index >= 15 is 0 Å². The molecule has 0 aliphatic rings. The number of para-hydroxylation sites is 1. The molecule has 1 atom stereocenters.